The first-order valence-corrected chi connectivity index (χ1v) is 11.7. The average molecular weight is 458 g/mol. The molecule has 11 heteroatoms. The molecule has 1 aliphatic rings. The van der Waals surface area contributed by atoms with E-state index in [9.17, 15) is 26.8 Å². The number of amides is 2. The third-order valence-corrected chi connectivity index (χ3v) is 8.10. The van der Waals surface area contributed by atoms with Gasteiger partial charge in [0.05, 0.1) is 5.69 Å². The van der Waals surface area contributed by atoms with Crippen LogP contribution in [0, 0.1) is 11.6 Å². The molecule has 1 aromatic carbocycles. The molecule has 2 heterocycles. The lowest BCUT2D eigenvalue weighted by Gasteiger charge is -2.34. The fourth-order valence-electron chi connectivity index (χ4n) is 3.31. The van der Waals surface area contributed by atoms with Crippen LogP contribution < -0.4 is 10.6 Å². The minimum absolute atomic E-state index is 0.0826. The van der Waals surface area contributed by atoms with Gasteiger partial charge in [0.25, 0.3) is 10.0 Å². The van der Waals surface area contributed by atoms with Gasteiger partial charge in [-0.1, -0.05) is 12.5 Å². The Kier molecular flexibility index (Phi) is 7.16. The van der Waals surface area contributed by atoms with Crippen LogP contribution in [0.1, 0.15) is 25.7 Å². The minimum atomic E-state index is -3.60. The molecular weight excluding hydrogens is 436 g/mol. The second-order valence-corrected chi connectivity index (χ2v) is 9.89. The number of nitrogens with zero attached hydrogens (tertiary/aromatic N) is 1. The van der Waals surface area contributed by atoms with E-state index in [-0.39, 0.29) is 22.5 Å². The van der Waals surface area contributed by atoms with Crippen LogP contribution in [-0.2, 0) is 19.6 Å². The Balaban J connectivity index is 1.55. The SMILES string of the molecule is O=C(NCC[C@@H]1CCCCN1S(=O)(=O)c1cccs1)C(=O)Nc1ccc(F)cc1F. The maximum atomic E-state index is 13.6. The van der Waals surface area contributed by atoms with Gasteiger partial charge in [0.1, 0.15) is 15.8 Å². The highest BCUT2D eigenvalue weighted by atomic mass is 32.2. The molecule has 2 amide bonds. The predicted octanol–water partition coefficient (Wildman–Crippen LogP) is 2.71. The Hall–Kier alpha value is -2.37. The first kappa shape index (κ1) is 22.3. The summed E-state index contributed by atoms with van der Waals surface area (Å²) in [6.45, 7) is 0.489. The number of thiophene rings is 1. The van der Waals surface area contributed by atoms with E-state index in [2.05, 4.69) is 10.6 Å². The number of hydrogen-bond donors (Lipinski definition) is 2. The van der Waals surface area contributed by atoms with Crippen molar-refractivity contribution in [2.24, 2.45) is 0 Å². The van der Waals surface area contributed by atoms with Gasteiger partial charge in [-0.3, -0.25) is 9.59 Å². The van der Waals surface area contributed by atoms with Crippen molar-refractivity contribution >= 4 is 38.9 Å². The van der Waals surface area contributed by atoms with Crippen molar-refractivity contribution in [1.29, 1.82) is 0 Å². The number of rotatable bonds is 6. The van der Waals surface area contributed by atoms with E-state index < -0.39 is 33.5 Å². The highest BCUT2D eigenvalue weighted by molar-refractivity contribution is 7.91. The fourth-order valence-corrected chi connectivity index (χ4v) is 6.15. The second-order valence-electron chi connectivity index (χ2n) is 6.82. The van der Waals surface area contributed by atoms with Crippen LogP contribution in [0.3, 0.4) is 0 Å². The molecule has 0 saturated carbocycles. The van der Waals surface area contributed by atoms with Crippen LogP contribution in [0.5, 0.6) is 0 Å². The standard InChI is InChI=1S/C19H21F2N3O4S2/c20-13-6-7-16(15(21)12-13)23-19(26)18(25)22-9-8-14-4-1-2-10-24(14)30(27,28)17-5-3-11-29-17/h3,5-7,11-12,14H,1-2,4,8-10H2,(H,22,25)(H,23,26)/t14-/m0/s1. The number of nitrogens with one attached hydrogen (secondary N) is 2. The van der Waals surface area contributed by atoms with Crippen molar-refractivity contribution < 1.29 is 26.8 Å². The summed E-state index contributed by atoms with van der Waals surface area (Å²) in [6.07, 6.45) is 2.64. The fraction of sp³-hybridized carbons (Fsp3) is 0.368. The highest BCUT2D eigenvalue weighted by Gasteiger charge is 2.33. The molecular formula is C19H21F2N3O4S2. The summed E-state index contributed by atoms with van der Waals surface area (Å²) in [5.74, 6) is -3.87. The van der Waals surface area contributed by atoms with Crippen molar-refractivity contribution in [1.82, 2.24) is 9.62 Å². The van der Waals surface area contributed by atoms with E-state index in [1.807, 2.05) is 0 Å². The summed E-state index contributed by atoms with van der Waals surface area (Å²) < 4.78 is 53.9. The second kappa shape index (κ2) is 9.63. The van der Waals surface area contributed by atoms with Gasteiger partial charge in [-0.25, -0.2) is 17.2 Å². The number of hydrogen-bond acceptors (Lipinski definition) is 5. The normalized spacial score (nSPS) is 17.5. The van der Waals surface area contributed by atoms with Gasteiger partial charge >= 0.3 is 11.8 Å². The Morgan fingerprint density at radius 1 is 1.17 bits per heavy atom. The van der Waals surface area contributed by atoms with Crippen LogP contribution >= 0.6 is 11.3 Å². The average Bonchev–Trinajstić information content (AvgIpc) is 3.26. The molecule has 7 nitrogen and oxygen atoms in total. The van der Waals surface area contributed by atoms with Gasteiger partial charge in [0, 0.05) is 25.2 Å². The molecule has 2 N–H and O–H groups in total. The summed E-state index contributed by atoms with van der Waals surface area (Å²) in [5.41, 5.74) is -0.308. The van der Waals surface area contributed by atoms with Gasteiger partial charge in [0.15, 0.2) is 0 Å². The van der Waals surface area contributed by atoms with Gasteiger partial charge in [-0.2, -0.15) is 4.31 Å². The van der Waals surface area contributed by atoms with Crippen molar-refractivity contribution in [3.8, 4) is 0 Å². The molecule has 162 valence electrons. The third kappa shape index (κ3) is 5.21. The van der Waals surface area contributed by atoms with Gasteiger partial charge < -0.3 is 10.6 Å². The molecule has 1 saturated heterocycles. The molecule has 0 aliphatic carbocycles. The number of halogens is 2. The molecule has 1 aromatic heterocycles. The lowest BCUT2D eigenvalue weighted by atomic mass is 10.0. The van der Waals surface area contributed by atoms with E-state index in [1.165, 1.54) is 4.31 Å². The summed E-state index contributed by atoms with van der Waals surface area (Å²) >= 11 is 1.15. The van der Waals surface area contributed by atoms with E-state index in [0.29, 0.717) is 25.5 Å². The molecule has 2 aromatic rings. The maximum Gasteiger partial charge on any atom is 0.313 e. The Bertz CT molecular complexity index is 1010. The zero-order chi connectivity index (χ0) is 21.7. The number of carbonyl (C=O) groups is 2. The number of anilines is 1. The molecule has 30 heavy (non-hydrogen) atoms. The first-order valence-electron chi connectivity index (χ1n) is 9.38. The molecule has 1 fully saturated rings. The zero-order valence-electron chi connectivity index (χ0n) is 15.9. The molecule has 3 rings (SSSR count). The van der Waals surface area contributed by atoms with E-state index in [4.69, 9.17) is 0 Å². The van der Waals surface area contributed by atoms with E-state index in [0.717, 1.165) is 36.3 Å². The van der Waals surface area contributed by atoms with Crippen LogP contribution in [-0.4, -0.2) is 43.7 Å². The zero-order valence-corrected chi connectivity index (χ0v) is 17.6. The van der Waals surface area contributed by atoms with Crippen LogP contribution in [0.2, 0.25) is 0 Å². The summed E-state index contributed by atoms with van der Waals surface area (Å²) in [5, 5.41) is 6.20. The molecule has 1 aliphatic heterocycles. The molecule has 0 bridgehead atoms. The predicted molar refractivity (Wildman–Crippen MR) is 108 cm³/mol. The third-order valence-electron chi connectivity index (χ3n) is 4.78. The van der Waals surface area contributed by atoms with Gasteiger partial charge in [-0.15, -0.1) is 11.3 Å². The molecule has 0 spiro atoms. The molecule has 0 radical (unpaired) electrons. The topological polar surface area (TPSA) is 95.6 Å². The Morgan fingerprint density at radius 2 is 1.97 bits per heavy atom. The smallest absolute Gasteiger partial charge is 0.313 e. The van der Waals surface area contributed by atoms with E-state index >= 15 is 0 Å². The maximum absolute atomic E-state index is 13.6. The van der Waals surface area contributed by atoms with Crippen LogP contribution in [0.25, 0.3) is 0 Å². The number of benzene rings is 1. The Morgan fingerprint density at radius 3 is 2.67 bits per heavy atom. The van der Waals surface area contributed by atoms with Crippen molar-refractivity contribution in [2.75, 3.05) is 18.4 Å². The summed E-state index contributed by atoms with van der Waals surface area (Å²) in [6, 6.07) is 5.53. The Labute approximate surface area is 177 Å². The van der Waals surface area contributed by atoms with Crippen LogP contribution in [0.15, 0.2) is 39.9 Å². The van der Waals surface area contributed by atoms with Crippen molar-refractivity contribution in [3.05, 3.63) is 47.3 Å². The van der Waals surface area contributed by atoms with E-state index in [1.54, 1.807) is 17.5 Å². The summed E-state index contributed by atoms with van der Waals surface area (Å²) in [7, 11) is -3.60. The molecule has 1 atom stereocenters. The highest BCUT2D eigenvalue weighted by Crippen LogP contribution is 2.29. The monoisotopic (exact) mass is 457 g/mol. The largest absolute Gasteiger partial charge is 0.348 e. The summed E-state index contributed by atoms with van der Waals surface area (Å²) in [4.78, 5) is 23.9. The lowest BCUT2D eigenvalue weighted by molar-refractivity contribution is -0.136. The number of sulfonamides is 1. The van der Waals surface area contributed by atoms with Crippen molar-refractivity contribution in [2.45, 2.75) is 35.9 Å². The van der Waals surface area contributed by atoms with Crippen LogP contribution in [0.4, 0.5) is 14.5 Å². The lowest BCUT2D eigenvalue weighted by Crippen LogP contribution is -2.45. The van der Waals surface area contributed by atoms with Gasteiger partial charge in [-0.05, 0) is 42.8 Å². The number of carbonyl (C=O) groups excluding carboxylic acids is 2. The quantitative estimate of drug-likeness (QED) is 0.652. The molecule has 0 unspecified atom stereocenters. The van der Waals surface area contributed by atoms with Gasteiger partial charge in [0.2, 0.25) is 0 Å². The minimum Gasteiger partial charge on any atom is -0.348 e. The number of piperidine rings is 1. The first-order chi connectivity index (χ1) is 14.3. The van der Waals surface area contributed by atoms with Crippen molar-refractivity contribution in [3.63, 3.8) is 0 Å².